The van der Waals surface area contributed by atoms with Crippen molar-refractivity contribution < 1.29 is 9.72 Å². The molecule has 1 amide bonds. The number of rotatable bonds is 6. The molecule has 2 atom stereocenters. The summed E-state index contributed by atoms with van der Waals surface area (Å²) in [7, 11) is 0. The number of benzene rings is 1. The maximum absolute atomic E-state index is 11.4. The summed E-state index contributed by atoms with van der Waals surface area (Å²) in [4.78, 5) is 21.5. The van der Waals surface area contributed by atoms with Gasteiger partial charge >= 0.3 is 0 Å². The second-order valence-electron chi connectivity index (χ2n) is 4.89. The minimum absolute atomic E-state index is 0.125. The van der Waals surface area contributed by atoms with Crippen LogP contribution in [0.3, 0.4) is 0 Å². The van der Waals surface area contributed by atoms with Gasteiger partial charge in [-0.3, -0.25) is 14.9 Å². The molecule has 19 heavy (non-hydrogen) atoms. The SMILES string of the molecule is CCCC1CC1Nc1ccc([N+](=O)[O-])cc1C(N)=O. The van der Waals surface area contributed by atoms with Crippen LogP contribution in [0.15, 0.2) is 18.2 Å². The fourth-order valence-electron chi connectivity index (χ4n) is 2.29. The Morgan fingerprint density at radius 3 is 2.89 bits per heavy atom. The third kappa shape index (κ3) is 3.01. The van der Waals surface area contributed by atoms with Gasteiger partial charge in [0.15, 0.2) is 0 Å². The number of carbonyl (C=O) groups excluding carboxylic acids is 1. The second kappa shape index (κ2) is 5.26. The van der Waals surface area contributed by atoms with Gasteiger partial charge in [-0.25, -0.2) is 0 Å². The summed E-state index contributed by atoms with van der Waals surface area (Å²) >= 11 is 0. The lowest BCUT2D eigenvalue weighted by molar-refractivity contribution is -0.384. The van der Waals surface area contributed by atoms with E-state index in [1.54, 1.807) is 6.07 Å². The monoisotopic (exact) mass is 263 g/mol. The summed E-state index contributed by atoms with van der Waals surface area (Å²) in [5.41, 5.74) is 5.91. The van der Waals surface area contributed by atoms with E-state index in [0.717, 1.165) is 19.3 Å². The van der Waals surface area contributed by atoms with Crippen LogP contribution in [-0.4, -0.2) is 16.9 Å². The van der Waals surface area contributed by atoms with Gasteiger partial charge in [-0.2, -0.15) is 0 Å². The molecule has 0 bridgehead atoms. The molecule has 0 spiro atoms. The maximum Gasteiger partial charge on any atom is 0.270 e. The third-order valence-electron chi connectivity index (χ3n) is 3.40. The minimum atomic E-state index is -0.654. The predicted octanol–water partition coefficient (Wildman–Crippen LogP) is 2.29. The number of anilines is 1. The number of primary amides is 1. The van der Waals surface area contributed by atoms with Gasteiger partial charge in [-0.1, -0.05) is 13.3 Å². The van der Waals surface area contributed by atoms with E-state index in [2.05, 4.69) is 12.2 Å². The Morgan fingerprint density at radius 2 is 2.32 bits per heavy atom. The number of amides is 1. The number of nitrogens with two attached hydrogens (primary N) is 1. The molecular formula is C13H17N3O3. The summed E-state index contributed by atoms with van der Waals surface area (Å²) < 4.78 is 0. The van der Waals surface area contributed by atoms with E-state index in [9.17, 15) is 14.9 Å². The van der Waals surface area contributed by atoms with Crippen LogP contribution in [0.5, 0.6) is 0 Å². The van der Waals surface area contributed by atoms with Crippen LogP contribution in [0, 0.1) is 16.0 Å². The van der Waals surface area contributed by atoms with Crippen molar-refractivity contribution in [3.8, 4) is 0 Å². The van der Waals surface area contributed by atoms with Gasteiger partial charge in [0, 0.05) is 23.9 Å². The molecule has 0 radical (unpaired) electrons. The molecule has 0 saturated heterocycles. The Kier molecular flexibility index (Phi) is 3.69. The molecule has 1 fully saturated rings. The molecule has 1 aromatic carbocycles. The van der Waals surface area contributed by atoms with E-state index in [4.69, 9.17) is 5.73 Å². The number of nitro benzene ring substituents is 1. The first-order valence-corrected chi connectivity index (χ1v) is 6.37. The van der Waals surface area contributed by atoms with Gasteiger partial charge < -0.3 is 11.1 Å². The largest absolute Gasteiger partial charge is 0.381 e. The highest BCUT2D eigenvalue weighted by molar-refractivity contribution is 5.99. The first kappa shape index (κ1) is 13.3. The van der Waals surface area contributed by atoms with Gasteiger partial charge in [0.25, 0.3) is 11.6 Å². The number of carbonyl (C=O) groups is 1. The van der Waals surface area contributed by atoms with Crippen molar-refractivity contribution in [1.29, 1.82) is 0 Å². The van der Waals surface area contributed by atoms with Crippen molar-refractivity contribution in [2.45, 2.75) is 32.2 Å². The Morgan fingerprint density at radius 1 is 1.58 bits per heavy atom. The molecule has 3 N–H and O–H groups in total. The average Bonchev–Trinajstić information content (AvgIpc) is 3.07. The first-order valence-electron chi connectivity index (χ1n) is 6.37. The molecule has 0 aromatic heterocycles. The fourth-order valence-corrected chi connectivity index (χ4v) is 2.29. The highest BCUT2D eigenvalue weighted by Crippen LogP contribution is 2.38. The van der Waals surface area contributed by atoms with Crippen molar-refractivity contribution in [3.63, 3.8) is 0 Å². The highest BCUT2D eigenvalue weighted by Gasteiger charge is 2.36. The number of non-ortho nitro benzene ring substituents is 1. The Bertz CT molecular complexity index is 516. The smallest absolute Gasteiger partial charge is 0.270 e. The third-order valence-corrected chi connectivity index (χ3v) is 3.40. The number of hydrogen-bond acceptors (Lipinski definition) is 4. The Labute approximate surface area is 111 Å². The molecule has 1 aliphatic carbocycles. The molecule has 1 saturated carbocycles. The molecular weight excluding hydrogens is 246 g/mol. The molecule has 1 aromatic rings. The zero-order chi connectivity index (χ0) is 14.0. The molecule has 2 rings (SSSR count). The average molecular weight is 263 g/mol. The van der Waals surface area contributed by atoms with E-state index in [1.165, 1.54) is 12.1 Å². The van der Waals surface area contributed by atoms with E-state index >= 15 is 0 Å². The van der Waals surface area contributed by atoms with Crippen molar-refractivity contribution in [3.05, 3.63) is 33.9 Å². The number of hydrogen-bond donors (Lipinski definition) is 2. The quantitative estimate of drug-likeness (QED) is 0.607. The highest BCUT2D eigenvalue weighted by atomic mass is 16.6. The zero-order valence-corrected chi connectivity index (χ0v) is 10.8. The molecule has 0 heterocycles. The van der Waals surface area contributed by atoms with Crippen LogP contribution in [-0.2, 0) is 0 Å². The number of nitrogens with one attached hydrogen (secondary N) is 1. The summed E-state index contributed by atoms with van der Waals surface area (Å²) in [6, 6.07) is 4.51. The molecule has 6 nitrogen and oxygen atoms in total. The summed E-state index contributed by atoms with van der Waals surface area (Å²) in [6.45, 7) is 2.14. The molecule has 0 aliphatic heterocycles. The van der Waals surface area contributed by atoms with Gasteiger partial charge in [0.2, 0.25) is 0 Å². The van der Waals surface area contributed by atoms with Crippen LogP contribution in [0.2, 0.25) is 0 Å². The maximum atomic E-state index is 11.4. The lowest BCUT2D eigenvalue weighted by Crippen LogP contribution is -2.16. The van der Waals surface area contributed by atoms with Gasteiger partial charge in [0.05, 0.1) is 10.5 Å². The van der Waals surface area contributed by atoms with Crippen LogP contribution >= 0.6 is 0 Å². The van der Waals surface area contributed by atoms with Gasteiger partial charge in [-0.15, -0.1) is 0 Å². The van der Waals surface area contributed by atoms with Crippen LogP contribution < -0.4 is 11.1 Å². The predicted molar refractivity (Wildman–Crippen MR) is 72.0 cm³/mol. The summed E-state index contributed by atoms with van der Waals surface area (Å²) in [6.07, 6.45) is 3.35. The van der Waals surface area contributed by atoms with Crippen LogP contribution in [0.4, 0.5) is 11.4 Å². The Balaban J connectivity index is 2.16. The zero-order valence-electron chi connectivity index (χ0n) is 10.8. The molecule has 6 heteroatoms. The van der Waals surface area contributed by atoms with Gasteiger partial charge in [0.1, 0.15) is 0 Å². The van der Waals surface area contributed by atoms with Crippen molar-refractivity contribution in [2.24, 2.45) is 11.7 Å². The molecule has 102 valence electrons. The van der Waals surface area contributed by atoms with E-state index in [-0.39, 0.29) is 11.3 Å². The topological polar surface area (TPSA) is 98.3 Å². The minimum Gasteiger partial charge on any atom is -0.381 e. The van der Waals surface area contributed by atoms with Gasteiger partial charge in [-0.05, 0) is 24.8 Å². The molecule has 1 aliphatic rings. The standard InChI is InChI=1S/C13H17N3O3/c1-2-3-8-6-12(8)15-11-5-4-9(16(18)19)7-10(11)13(14)17/h4-5,7-8,12,15H,2-3,6H2,1H3,(H2,14,17). The van der Waals surface area contributed by atoms with Crippen molar-refractivity contribution in [2.75, 3.05) is 5.32 Å². The second-order valence-corrected chi connectivity index (χ2v) is 4.89. The van der Waals surface area contributed by atoms with Crippen molar-refractivity contribution in [1.82, 2.24) is 0 Å². The number of nitrogens with zero attached hydrogens (tertiary/aromatic N) is 1. The first-order chi connectivity index (χ1) is 9.02. The summed E-state index contributed by atoms with van der Waals surface area (Å²) in [5, 5.41) is 13.9. The number of nitro groups is 1. The Hall–Kier alpha value is -2.11. The summed E-state index contributed by atoms with van der Waals surface area (Å²) in [5.74, 6) is -0.0280. The van der Waals surface area contributed by atoms with E-state index < -0.39 is 10.8 Å². The van der Waals surface area contributed by atoms with E-state index in [0.29, 0.717) is 17.6 Å². The lowest BCUT2D eigenvalue weighted by atomic mass is 10.1. The van der Waals surface area contributed by atoms with Crippen molar-refractivity contribution >= 4 is 17.3 Å². The fraction of sp³-hybridized carbons (Fsp3) is 0.462. The van der Waals surface area contributed by atoms with E-state index in [1.807, 2.05) is 0 Å². The van der Waals surface area contributed by atoms with Crippen LogP contribution in [0.25, 0.3) is 0 Å². The normalized spacial score (nSPS) is 20.9. The lowest BCUT2D eigenvalue weighted by Gasteiger charge is -2.09. The molecule has 2 unspecified atom stereocenters. The van der Waals surface area contributed by atoms with Crippen LogP contribution in [0.1, 0.15) is 36.5 Å².